The van der Waals surface area contributed by atoms with Gasteiger partial charge in [-0.15, -0.1) is 0 Å². The van der Waals surface area contributed by atoms with Crippen LogP contribution in [-0.4, -0.2) is 28.2 Å². The maximum atomic E-state index is 12.6. The quantitative estimate of drug-likeness (QED) is 0.914. The van der Waals surface area contributed by atoms with Crippen molar-refractivity contribution in [3.8, 4) is 0 Å². The van der Waals surface area contributed by atoms with E-state index < -0.39 is 17.8 Å². The summed E-state index contributed by atoms with van der Waals surface area (Å²) in [5.41, 5.74) is 0.0725. The third kappa shape index (κ3) is 3.98. The number of aromatic nitrogens is 2. The molecule has 5 nitrogen and oxygen atoms in total. The van der Waals surface area contributed by atoms with E-state index in [2.05, 4.69) is 15.5 Å². The molecule has 0 aliphatic carbocycles. The molecule has 1 aromatic carbocycles. The number of rotatable bonds is 3. The van der Waals surface area contributed by atoms with Crippen LogP contribution in [0.15, 0.2) is 36.7 Å². The molecule has 0 saturated carbocycles. The summed E-state index contributed by atoms with van der Waals surface area (Å²) in [7, 11) is 1.54. The van der Waals surface area contributed by atoms with E-state index in [-0.39, 0.29) is 5.69 Å². The van der Waals surface area contributed by atoms with Crippen LogP contribution >= 0.6 is 0 Å². The maximum Gasteiger partial charge on any atom is 0.416 e. The third-order valence-corrected chi connectivity index (χ3v) is 2.76. The maximum absolute atomic E-state index is 12.6. The molecule has 0 aliphatic heterocycles. The number of alkyl halides is 3. The standard InChI is InChI=1S/C13H13F3N4O/c1-20(8-9-6-17-18-7-9)12(21)19-11-4-2-3-10(5-11)13(14,15)16/h2-7H,8H2,1H3,(H,17,18)(H,19,21). The molecule has 0 fully saturated rings. The molecule has 1 aromatic heterocycles. The number of nitrogens with zero attached hydrogens (tertiary/aromatic N) is 2. The van der Waals surface area contributed by atoms with Crippen molar-refractivity contribution < 1.29 is 18.0 Å². The van der Waals surface area contributed by atoms with Gasteiger partial charge in [0, 0.05) is 24.5 Å². The number of benzene rings is 1. The number of carbonyl (C=O) groups is 1. The zero-order chi connectivity index (χ0) is 15.5. The molecule has 2 aromatic rings. The first kappa shape index (κ1) is 14.9. The minimum absolute atomic E-state index is 0.0915. The van der Waals surface area contributed by atoms with E-state index >= 15 is 0 Å². The molecule has 2 N–H and O–H groups in total. The highest BCUT2D eigenvalue weighted by Gasteiger charge is 2.30. The van der Waals surface area contributed by atoms with Crippen molar-refractivity contribution in [2.24, 2.45) is 0 Å². The van der Waals surface area contributed by atoms with Crippen molar-refractivity contribution in [2.45, 2.75) is 12.7 Å². The molecule has 0 spiro atoms. The lowest BCUT2D eigenvalue weighted by Gasteiger charge is -2.17. The van der Waals surface area contributed by atoms with E-state index in [1.807, 2.05) is 0 Å². The first-order valence-electron chi connectivity index (χ1n) is 6.03. The van der Waals surface area contributed by atoms with Gasteiger partial charge in [0.2, 0.25) is 0 Å². The summed E-state index contributed by atoms with van der Waals surface area (Å²) in [5, 5.41) is 8.79. The van der Waals surface area contributed by atoms with Crippen LogP contribution in [0, 0.1) is 0 Å². The van der Waals surface area contributed by atoms with Crippen molar-refractivity contribution in [2.75, 3.05) is 12.4 Å². The number of carbonyl (C=O) groups excluding carboxylic acids is 1. The number of anilines is 1. The molecule has 0 saturated heterocycles. The van der Waals surface area contributed by atoms with Gasteiger partial charge in [-0.25, -0.2) is 4.79 Å². The monoisotopic (exact) mass is 298 g/mol. The predicted molar refractivity (Wildman–Crippen MR) is 70.5 cm³/mol. The van der Waals surface area contributed by atoms with Gasteiger partial charge < -0.3 is 10.2 Å². The molecule has 8 heteroatoms. The average molecular weight is 298 g/mol. The summed E-state index contributed by atoms with van der Waals surface area (Å²) < 4.78 is 37.7. The number of urea groups is 1. The van der Waals surface area contributed by atoms with E-state index in [9.17, 15) is 18.0 Å². The fraction of sp³-hybridized carbons (Fsp3) is 0.231. The first-order valence-corrected chi connectivity index (χ1v) is 6.03. The van der Waals surface area contributed by atoms with Crippen LogP contribution in [0.1, 0.15) is 11.1 Å². The predicted octanol–water partition coefficient (Wildman–Crippen LogP) is 3.09. The number of hydrogen-bond acceptors (Lipinski definition) is 2. The highest BCUT2D eigenvalue weighted by molar-refractivity contribution is 5.89. The summed E-state index contributed by atoms with van der Waals surface area (Å²) in [6, 6.07) is 3.98. The molecule has 2 rings (SSSR count). The van der Waals surface area contributed by atoms with Gasteiger partial charge in [-0.05, 0) is 18.2 Å². The summed E-state index contributed by atoms with van der Waals surface area (Å²) in [4.78, 5) is 13.2. The molecular formula is C13H13F3N4O. The molecule has 2 amide bonds. The third-order valence-electron chi connectivity index (χ3n) is 2.76. The number of hydrogen-bond donors (Lipinski definition) is 2. The van der Waals surface area contributed by atoms with Gasteiger partial charge in [-0.2, -0.15) is 18.3 Å². The number of nitrogens with one attached hydrogen (secondary N) is 2. The van der Waals surface area contributed by atoms with Gasteiger partial charge in [0.1, 0.15) is 0 Å². The van der Waals surface area contributed by atoms with Gasteiger partial charge in [0.05, 0.1) is 18.3 Å². The minimum Gasteiger partial charge on any atom is -0.323 e. The van der Waals surface area contributed by atoms with Gasteiger partial charge in [0.15, 0.2) is 0 Å². The second kappa shape index (κ2) is 5.86. The van der Waals surface area contributed by atoms with E-state index in [1.165, 1.54) is 24.1 Å². The average Bonchev–Trinajstić information content (AvgIpc) is 2.91. The molecule has 1 heterocycles. The second-order valence-corrected chi connectivity index (χ2v) is 4.47. The van der Waals surface area contributed by atoms with Gasteiger partial charge >= 0.3 is 12.2 Å². The normalized spacial score (nSPS) is 11.2. The fourth-order valence-corrected chi connectivity index (χ4v) is 1.70. The zero-order valence-electron chi connectivity index (χ0n) is 11.1. The lowest BCUT2D eigenvalue weighted by molar-refractivity contribution is -0.137. The van der Waals surface area contributed by atoms with Crippen LogP contribution in [0.25, 0.3) is 0 Å². The summed E-state index contributed by atoms with van der Waals surface area (Å²) in [6.45, 7) is 0.293. The van der Waals surface area contributed by atoms with Crippen LogP contribution in [0.2, 0.25) is 0 Å². The van der Waals surface area contributed by atoms with E-state index in [4.69, 9.17) is 0 Å². The fourth-order valence-electron chi connectivity index (χ4n) is 1.70. The van der Waals surface area contributed by atoms with Crippen LogP contribution in [-0.2, 0) is 12.7 Å². The van der Waals surface area contributed by atoms with E-state index in [0.29, 0.717) is 6.54 Å². The van der Waals surface area contributed by atoms with Crippen molar-refractivity contribution >= 4 is 11.7 Å². The van der Waals surface area contributed by atoms with Crippen LogP contribution in [0.5, 0.6) is 0 Å². The largest absolute Gasteiger partial charge is 0.416 e. The zero-order valence-corrected chi connectivity index (χ0v) is 11.1. The van der Waals surface area contributed by atoms with E-state index in [0.717, 1.165) is 17.7 Å². The highest BCUT2D eigenvalue weighted by Crippen LogP contribution is 2.30. The summed E-state index contributed by atoms with van der Waals surface area (Å²) >= 11 is 0. The Bertz CT molecular complexity index is 610. The van der Waals surface area contributed by atoms with Crippen molar-refractivity contribution in [3.05, 3.63) is 47.8 Å². The lowest BCUT2D eigenvalue weighted by Crippen LogP contribution is -2.30. The van der Waals surface area contributed by atoms with Crippen molar-refractivity contribution in [1.29, 1.82) is 0 Å². The molecule has 0 unspecified atom stereocenters. The Morgan fingerprint density at radius 1 is 1.43 bits per heavy atom. The number of H-pyrrole nitrogens is 1. The van der Waals surface area contributed by atoms with Crippen LogP contribution in [0.3, 0.4) is 0 Å². The SMILES string of the molecule is CN(Cc1cn[nH]c1)C(=O)Nc1cccc(C(F)(F)F)c1. The Morgan fingerprint density at radius 2 is 2.19 bits per heavy atom. The summed E-state index contributed by atoms with van der Waals surface area (Å²) in [5.74, 6) is 0. The number of halogens is 3. The Kier molecular flexibility index (Phi) is 4.15. The topological polar surface area (TPSA) is 61.0 Å². The van der Waals surface area contributed by atoms with Crippen LogP contribution in [0.4, 0.5) is 23.7 Å². The molecular weight excluding hydrogens is 285 g/mol. The van der Waals surface area contributed by atoms with Crippen molar-refractivity contribution in [1.82, 2.24) is 15.1 Å². The van der Waals surface area contributed by atoms with Crippen LogP contribution < -0.4 is 5.32 Å². The molecule has 0 atom stereocenters. The van der Waals surface area contributed by atoms with Gasteiger partial charge in [-0.1, -0.05) is 6.07 Å². The Balaban J connectivity index is 2.02. The smallest absolute Gasteiger partial charge is 0.323 e. The molecule has 0 aliphatic rings. The molecule has 21 heavy (non-hydrogen) atoms. The Labute approximate surface area is 118 Å². The molecule has 0 radical (unpaired) electrons. The number of amides is 2. The van der Waals surface area contributed by atoms with Gasteiger partial charge in [0.25, 0.3) is 0 Å². The second-order valence-electron chi connectivity index (χ2n) is 4.47. The highest BCUT2D eigenvalue weighted by atomic mass is 19.4. The molecule has 0 bridgehead atoms. The molecule has 112 valence electrons. The first-order chi connectivity index (χ1) is 9.86. The summed E-state index contributed by atoms with van der Waals surface area (Å²) in [6.07, 6.45) is -1.24. The van der Waals surface area contributed by atoms with Gasteiger partial charge in [-0.3, -0.25) is 5.10 Å². The Morgan fingerprint density at radius 3 is 2.81 bits per heavy atom. The lowest BCUT2D eigenvalue weighted by atomic mass is 10.2. The van der Waals surface area contributed by atoms with E-state index in [1.54, 1.807) is 12.4 Å². The minimum atomic E-state index is -4.44. The van der Waals surface area contributed by atoms with Crippen molar-refractivity contribution in [3.63, 3.8) is 0 Å². The number of aromatic amines is 1. The Hall–Kier alpha value is -2.51.